The lowest BCUT2D eigenvalue weighted by Crippen LogP contribution is -2.34. The number of nitrogens with two attached hydrogens (primary N) is 1. The second-order valence-electron chi connectivity index (χ2n) is 4.98. The molecule has 0 spiro atoms. The number of fused-ring (bicyclic) bond motifs is 1. The summed E-state index contributed by atoms with van der Waals surface area (Å²) in [4.78, 5) is 11.4. The summed E-state index contributed by atoms with van der Waals surface area (Å²) in [5.74, 6) is -0.195. The number of carboxylic acid groups (broad SMARTS) is 1. The predicted molar refractivity (Wildman–Crippen MR) is 65.1 cm³/mol. The second kappa shape index (κ2) is 3.95. The minimum Gasteiger partial charge on any atom is -0.493 e. The molecule has 1 unspecified atom stereocenters. The number of ether oxygens (including phenoxy) is 1. The zero-order chi connectivity index (χ0) is 12.6. The maximum absolute atomic E-state index is 11.4. The van der Waals surface area contributed by atoms with E-state index in [0.717, 1.165) is 11.3 Å². The van der Waals surface area contributed by atoms with Crippen molar-refractivity contribution in [3.05, 3.63) is 23.8 Å². The van der Waals surface area contributed by atoms with E-state index in [4.69, 9.17) is 10.5 Å². The number of hydrogen-bond donors (Lipinski definition) is 2. The van der Waals surface area contributed by atoms with Gasteiger partial charge in [-0.25, -0.2) is 0 Å². The number of nitrogen functional groups attached to an aromatic ring is 1. The molecule has 17 heavy (non-hydrogen) atoms. The Kier molecular flexibility index (Phi) is 2.73. The van der Waals surface area contributed by atoms with E-state index >= 15 is 0 Å². The molecule has 1 atom stereocenters. The van der Waals surface area contributed by atoms with E-state index in [1.165, 1.54) is 0 Å². The van der Waals surface area contributed by atoms with Crippen molar-refractivity contribution in [1.29, 1.82) is 0 Å². The van der Waals surface area contributed by atoms with Crippen LogP contribution < -0.4 is 10.5 Å². The van der Waals surface area contributed by atoms with Crippen molar-refractivity contribution >= 4 is 11.7 Å². The first kappa shape index (κ1) is 11.8. The van der Waals surface area contributed by atoms with E-state index in [1.54, 1.807) is 19.9 Å². The largest absolute Gasteiger partial charge is 0.493 e. The van der Waals surface area contributed by atoms with Crippen LogP contribution in [0.4, 0.5) is 5.69 Å². The molecule has 0 amide bonds. The van der Waals surface area contributed by atoms with E-state index < -0.39 is 11.4 Å². The maximum Gasteiger partial charge on any atom is 0.309 e. The van der Waals surface area contributed by atoms with Gasteiger partial charge in [-0.3, -0.25) is 4.79 Å². The van der Waals surface area contributed by atoms with E-state index in [1.807, 2.05) is 12.1 Å². The molecule has 1 aliphatic heterocycles. The average Bonchev–Trinajstić information content (AvgIpc) is 2.28. The molecular formula is C13H17NO3. The molecule has 0 fully saturated rings. The van der Waals surface area contributed by atoms with Crippen LogP contribution in [0.15, 0.2) is 18.2 Å². The lowest BCUT2D eigenvalue weighted by molar-refractivity contribution is -0.148. The van der Waals surface area contributed by atoms with Crippen molar-refractivity contribution in [2.24, 2.45) is 5.41 Å². The van der Waals surface area contributed by atoms with Crippen molar-refractivity contribution in [2.75, 3.05) is 12.3 Å². The molecule has 4 heteroatoms. The highest BCUT2D eigenvalue weighted by molar-refractivity contribution is 5.76. The molecule has 1 aromatic rings. The van der Waals surface area contributed by atoms with E-state index in [2.05, 4.69) is 0 Å². The van der Waals surface area contributed by atoms with Gasteiger partial charge >= 0.3 is 5.97 Å². The Morgan fingerprint density at radius 1 is 1.53 bits per heavy atom. The number of benzene rings is 1. The van der Waals surface area contributed by atoms with Gasteiger partial charge in [0.1, 0.15) is 5.75 Å². The van der Waals surface area contributed by atoms with Gasteiger partial charge in [0.15, 0.2) is 0 Å². The third-order valence-electron chi connectivity index (χ3n) is 3.53. The summed E-state index contributed by atoms with van der Waals surface area (Å²) < 4.78 is 5.54. The van der Waals surface area contributed by atoms with Crippen molar-refractivity contribution in [3.8, 4) is 5.75 Å². The molecular weight excluding hydrogens is 218 g/mol. The third-order valence-corrected chi connectivity index (χ3v) is 3.53. The molecule has 92 valence electrons. The standard InChI is InChI=1S/C13H17NO3/c1-13(2,12(15)16)8-6-7-17-10-5-3-4-9(14)11(8)10/h3-5,8H,6-7,14H2,1-2H3,(H,15,16). The quantitative estimate of drug-likeness (QED) is 0.771. The fourth-order valence-electron chi connectivity index (χ4n) is 2.36. The fraction of sp³-hybridized carbons (Fsp3) is 0.462. The smallest absolute Gasteiger partial charge is 0.309 e. The van der Waals surface area contributed by atoms with Gasteiger partial charge < -0.3 is 15.6 Å². The lowest BCUT2D eigenvalue weighted by Gasteiger charge is -2.35. The Morgan fingerprint density at radius 2 is 2.24 bits per heavy atom. The van der Waals surface area contributed by atoms with Crippen molar-refractivity contribution in [1.82, 2.24) is 0 Å². The zero-order valence-electron chi connectivity index (χ0n) is 10.1. The summed E-state index contributed by atoms with van der Waals surface area (Å²) in [6.45, 7) is 4.01. The molecule has 1 aliphatic rings. The number of aliphatic carboxylic acids is 1. The minimum atomic E-state index is -0.839. The second-order valence-corrected chi connectivity index (χ2v) is 4.98. The summed E-state index contributed by atoms with van der Waals surface area (Å²) >= 11 is 0. The molecule has 0 aliphatic carbocycles. The third kappa shape index (κ3) is 1.84. The fourth-order valence-corrected chi connectivity index (χ4v) is 2.36. The van der Waals surface area contributed by atoms with Crippen LogP contribution in [0.3, 0.4) is 0 Å². The van der Waals surface area contributed by atoms with Crippen LogP contribution in [0.2, 0.25) is 0 Å². The maximum atomic E-state index is 11.4. The average molecular weight is 235 g/mol. The number of anilines is 1. The highest BCUT2D eigenvalue weighted by Gasteiger charge is 2.41. The molecule has 1 aromatic carbocycles. The van der Waals surface area contributed by atoms with E-state index in [-0.39, 0.29) is 5.92 Å². The molecule has 0 saturated heterocycles. The van der Waals surface area contributed by atoms with Gasteiger partial charge in [-0.1, -0.05) is 6.07 Å². The van der Waals surface area contributed by atoms with Gasteiger partial charge in [0.25, 0.3) is 0 Å². The first-order valence-corrected chi connectivity index (χ1v) is 5.69. The molecule has 2 rings (SSSR count). The monoisotopic (exact) mass is 235 g/mol. The number of carbonyl (C=O) groups is 1. The van der Waals surface area contributed by atoms with E-state index in [9.17, 15) is 9.90 Å². The van der Waals surface area contributed by atoms with Gasteiger partial charge in [0, 0.05) is 17.2 Å². The summed E-state index contributed by atoms with van der Waals surface area (Å²) in [5, 5.41) is 9.33. The van der Waals surface area contributed by atoms with Gasteiger partial charge in [-0.05, 0) is 32.4 Å². The number of carboxylic acids is 1. The SMILES string of the molecule is CC(C)(C(=O)O)C1CCOc2cccc(N)c21. The topological polar surface area (TPSA) is 72.5 Å². The summed E-state index contributed by atoms with van der Waals surface area (Å²) in [6.07, 6.45) is 0.681. The Balaban J connectivity index is 2.51. The molecule has 1 heterocycles. The summed E-state index contributed by atoms with van der Waals surface area (Å²) in [6, 6.07) is 5.46. The summed E-state index contributed by atoms with van der Waals surface area (Å²) in [7, 11) is 0. The van der Waals surface area contributed by atoms with Crippen LogP contribution in [0.25, 0.3) is 0 Å². The van der Waals surface area contributed by atoms with Crippen LogP contribution in [-0.4, -0.2) is 17.7 Å². The Hall–Kier alpha value is -1.71. The van der Waals surface area contributed by atoms with Gasteiger partial charge in [0.05, 0.1) is 12.0 Å². The first-order valence-electron chi connectivity index (χ1n) is 5.69. The molecule has 4 nitrogen and oxygen atoms in total. The van der Waals surface area contributed by atoms with Crippen molar-refractivity contribution in [2.45, 2.75) is 26.2 Å². The normalized spacial score (nSPS) is 19.3. The van der Waals surface area contributed by atoms with Crippen LogP contribution in [0.5, 0.6) is 5.75 Å². The predicted octanol–water partition coefficient (Wildman–Crippen LogP) is 2.25. The highest BCUT2D eigenvalue weighted by Crippen LogP contribution is 2.47. The Morgan fingerprint density at radius 3 is 2.88 bits per heavy atom. The number of rotatable bonds is 2. The highest BCUT2D eigenvalue weighted by atomic mass is 16.5. The summed E-state index contributed by atoms with van der Waals surface area (Å²) in [5.41, 5.74) is 6.57. The zero-order valence-corrected chi connectivity index (χ0v) is 10.1. The molecule has 0 bridgehead atoms. The van der Waals surface area contributed by atoms with Crippen LogP contribution in [0, 0.1) is 5.41 Å². The van der Waals surface area contributed by atoms with E-state index in [0.29, 0.717) is 18.7 Å². The lowest BCUT2D eigenvalue weighted by atomic mass is 9.72. The molecule has 0 saturated carbocycles. The van der Waals surface area contributed by atoms with Crippen LogP contribution in [-0.2, 0) is 4.79 Å². The Labute approximate surface area is 100 Å². The minimum absolute atomic E-state index is 0.107. The molecule has 0 radical (unpaired) electrons. The Bertz CT molecular complexity index is 454. The molecule has 3 N–H and O–H groups in total. The first-order chi connectivity index (χ1) is 7.94. The van der Waals surface area contributed by atoms with Crippen molar-refractivity contribution in [3.63, 3.8) is 0 Å². The number of hydrogen-bond acceptors (Lipinski definition) is 3. The van der Waals surface area contributed by atoms with Gasteiger partial charge in [-0.15, -0.1) is 0 Å². The van der Waals surface area contributed by atoms with Gasteiger partial charge in [0.2, 0.25) is 0 Å². The van der Waals surface area contributed by atoms with Crippen LogP contribution in [0.1, 0.15) is 31.7 Å². The van der Waals surface area contributed by atoms with Crippen molar-refractivity contribution < 1.29 is 14.6 Å². The molecule has 0 aromatic heterocycles. The van der Waals surface area contributed by atoms with Gasteiger partial charge in [-0.2, -0.15) is 0 Å². The van der Waals surface area contributed by atoms with Crippen LogP contribution >= 0.6 is 0 Å².